The summed E-state index contributed by atoms with van der Waals surface area (Å²) >= 11 is 2.14. The fourth-order valence-electron chi connectivity index (χ4n) is 5.58. The lowest BCUT2D eigenvalue weighted by Crippen LogP contribution is -2.32. The van der Waals surface area contributed by atoms with Crippen molar-refractivity contribution in [2.45, 2.75) is 30.0 Å². The molecule has 0 aliphatic carbocycles. The van der Waals surface area contributed by atoms with Crippen molar-refractivity contribution in [3.8, 4) is 17.2 Å². The highest BCUT2D eigenvalue weighted by atomic mass is 32.2. The van der Waals surface area contributed by atoms with Crippen LogP contribution in [0.1, 0.15) is 40.6 Å². The van der Waals surface area contributed by atoms with Crippen LogP contribution in [0.4, 0.5) is 11.4 Å². The second-order valence-electron chi connectivity index (χ2n) is 10.6. The van der Waals surface area contributed by atoms with E-state index in [0.29, 0.717) is 38.2 Å². The fraction of sp³-hybridized carbons (Fsp3) is 0.242. The number of amides is 3. The van der Waals surface area contributed by atoms with Gasteiger partial charge in [-0.2, -0.15) is 0 Å². The zero-order valence-corrected chi connectivity index (χ0v) is 26.8. The number of thiazole rings is 1. The Balaban J connectivity index is 1.29. The van der Waals surface area contributed by atoms with Crippen molar-refractivity contribution in [2.75, 3.05) is 30.0 Å². The first-order chi connectivity index (χ1) is 22.7. The number of carbonyl (C=O) groups excluding carboxylic acids is 4. The topological polar surface area (TPSA) is 164 Å². The molecule has 1 fully saturated rings. The van der Waals surface area contributed by atoms with Crippen molar-refractivity contribution in [2.24, 2.45) is 5.92 Å². The number of phenolic OH excluding ortho intramolecular Hbond substituents is 1. The number of anilines is 2. The largest absolute Gasteiger partial charge is 0.508 e. The van der Waals surface area contributed by atoms with Crippen molar-refractivity contribution in [1.82, 2.24) is 4.98 Å². The van der Waals surface area contributed by atoms with Gasteiger partial charge in [0.2, 0.25) is 11.8 Å². The fourth-order valence-corrected chi connectivity index (χ4v) is 8.10. The lowest BCUT2D eigenvalue weighted by Gasteiger charge is -2.30. The van der Waals surface area contributed by atoms with E-state index in [9.17, 15) is 29.1 Å². The first-order valence-corrected chi connectivity index (χ1v) is 16.4. The van der Waals surface area contributed by atoms with Crippen molar-refractivity contribution in [1.29, 1.82) is 0 Å². The number of benzene rings is 3. The summed E-state index contributed by atoms with van der Waals surface area (Å²) < 4.78 is 16.7. The molecule has 1 aromatic heterocycles. The second-order valence-corrected chi connectivity index (χ2v) is 12.7. The highest BCUT2D eigenvalue weighted by Crippen LogP contribution is 2.53. The summed E-state index contributed by atoms with van der Waals surface area (Å²) in [6.07, 6.45) is 0. The molecule has 0 bridgehead atoms. The lowest BCUT2D eigenvalue weighted by atomic mass is 9.83. The van der Waals surface area contributed by atoms with Crippen molar-refractivity contribution < 1.29 is 38.5 Å². The van der Waals surface area contributed by atoms with E-state index >= 15 is 0 Å². The number of nitrogens with zero attached hydrogens (tertiary/aromatic N) is 1. The number of fused-ring (bicyclic) bond motifs is 2. The molecule has 12 nitrogen and oxygen atoms in total. The number of ether oxygens (including phenoxy) is 3. The van der Waals surface area contributed by atoms with Crippen molar-refractivity contribution in [3.05, 3.63) is 92.4 Å². The molecule has 14 heteroatoms. The number of imide groups is 1. The Kier molecular flexibility index (Phi) is 9.05. The van der Waals surface area contributed by atoms with Gasteiger partial charge in [-0.25, -0.2) is 9.69 Å². The van der Waals surface area contributed by atoms with Crippen LogP contribution in [0, 0.1) is 5.92 Å². The number of thioether (sulfide) groups is 1. The summed E-state index contributed by atoms with van der Waals surface area (Å²) in [5, 5.41) is 11.9. The van der Waals surface area contributed by atoms with Crippen molar-refractivity contribution in [3.63, 3.8) is 0 Å². The standard InChI is InChI=1S/C33H29N3O9S2/c1-3-43-23-15-18(7-14-22(23)45-16-24(38)34-19-8-12-21(37)13-9-19)25-26-28(46-29-27(25)47-33(42)35-29)31(40)36(30(26)39)20-10-5-17(6-11-20)32(41)44-4-2/h5-15,25-26,28,37H,3-4,16H2,1-2H3,(H,34,38)(H,35,42)/t25-,26-,28+/m0/s1. The number of esters is 1. The van der Waals surface area contributed by atoms with E-state index in [1.165, 1.54) is 36.4 Å². The van der Waals surface area contributed by atoms with Crippen LogP contribution in [-0.4, -0.2) is 58.9 Å². The minimum absolute atomic E-state index is 0.0728. The molecule has 3 atom stereocenters. The van der Waals surface area contributed by atoms with Gasteiger partial charge in [0.1, 0.15) is 11.0 Å². The predicted molar refractivity (Wildman–Crippen MR) is 175 cm³/mol. The molecule has 47 heavy (non-hydrogen) atoms. The molecule has 4 aromatic rings. The first-order valence-electron chi connectivity index (χ1n) is 14.7. The Morgan fingerprint density at radius 3 is 2.36 bits per heavy atom. The number of rotatable bonds is 10. The number of aromatic amines is 1. The second kappa shape index (κ2) is 13.3. The molecule has 3 aromatic carbocycles. The van der Waals surface area contributed by atoms with Crippen LogP contribution in [0.25, 0.3) is 0 Å². The number of hydrogen-bond acceptors (Lipinski definition) is 11. The summed E-state index contributed by atoms with van der Waals surface area (Å²) in [7, 11) is 0. The highest BCUT2D eigenvalue weighted by Gasteiger charge is 2.56. The molecule has 0 spiro atoms. The van der Waals surface area contributed by atoms with Gasteiger partial charge in [-0.1, -0.05) is 29.2 Å². The van der Waals surface area contributed by atoms with Crippen molar-refractivity contribution >= 4 is 58.2 Å². The monoisotopic (exact) mass is 675 g/mol. The molecule has 0 radical (unpaired) electrons. The van der Waals surface area contributed by atoms with E-state index in [2.05, 4.69) is 10.3 Å². The smallest absolute Gasteiger partial charge is 0.338 e. The maximum Gasteiger partial charge on any atom is 0.338 e. The van der Waals surface area contributed by atoms with Gasteiger partial charge < -0.3 is 29.6 Å². The van der Waals surface area contributed by atoms with Crippen LogP contribution in [0.2, 0.25) is 0 Å². The van der Waals surface area contributed by atoms with E-state index < -0.39 is 40.8 Å². The Morgan fingerprint density at radius 2 is 1.66 bits per heavy atom. The van der Waals surface area contributed by atoms with Crippen LogP contribution in [-0.2, 0) is 19.1 Å². The molecule has 6 rings (SSSR count). The van der Waals surface area contributed by atoms with Gasteiger partial charge in [-0.05, 0) is 80.1 Å². The molecule has 2 aliphatic rings. The van der Waals surface area contributed by atoms with Crippen LogP contribution < -0.4 is 24.6 Å². The quantitative estimate of drug-likeness (QED) is 0.124. The van der Waals surface area contributed by atoms with E-state index in [-0.39, 0.29) is 36.2 Å². The van der Waals surface area contributed by atoms with Gasteiger partial charge in [0.25, 0.3) is 5.91 Å². The molecule has 0 saturated carbocycles. The molecule has 1 saturated heterocycles. The summed E-state index contributed by atoms with van der Waals surface area (Å²) in [4.78, 5) is 69.3. The molecule has 0 unspecified atom stereocenters. The van der Waals surface area contributed by atoms with Crippen LogP contribution in [0.3, 0.4) is 0 Å². The number of phenols is 1. The Hall–Kier alpha value is -5.08. The normalized spacial score (nSPS) is 18.3. The molecular formula is C33H29N3O9S2. The van der Waals surface area contributed by atoms with E-state index in [1.807, 2.05) is 0 Å². The molecule has 2 aliphatic heterocycles. The lowest BCUT2D eigenvalue weighted by molar-refractivity contribution is -0.122. The first kappa shape index (κ1) is 31.9. The SMILES string of the molecule is CCOC(=O)c1ccc(N2C(=O)[C@H]3[C@H](c4ccc(OCC(=O)Nc5ccc(O)cc5)c(OCC)c4)c4sc(=O)[nH]c4S[C@H]3C2=O)cc1. The third kappa shape index (κ3) is 6.33. The van der Waals surface area contributed by atoms with Gasteiger partial charge in [-0.3, -0.25) is 19.2 Å². The summed E-state index contributed by atoms with van der Waals surface area (Å²) in [6, 6.07) is 17.2. The third-order valence-corrected chi connectivity index (χ3v) is 10.00. The number of H-pyrrole nitrogens is 1. The van der Waals surface area contributed by atoms with Crippen LogP contribution in [0.15, 0.2) is 76.6 Å². The summed E-state index contributed by atoms with van der Waals surface area (Å²) in [5.41, 5.74) is 1.73. The maximum absolute atomic E-state index is 14.1. The van der Waals surface area contributed by atoms with Gasteiger partial charge in [0.15, 0.2) is 18.1 Å². The van der Waals surface area contributed by atoms with E-state index in [1.54, 1.807) is 44.2 Å². The third-order valence-electron chi connectivity index (χ3n) is 7.60. The minimum Gasteiger partial charge on any atom is -0.508 e. The zero-order chi connectivity index (χ0) is 33.2. The summed E-state index contributed by atoms with van der Waals surface area (Å²) in [6.45, 7) is 3.66. The zero-order valence-electron chi connectivity index (χ0n) is 25.2. The Bertz CT molecular complexity index is 1900. The average Bonchev–Trinajstić information content (AvgIpc) is 3.55. The van der Waals surface area contributed by atoms with Gasteiger partial charge in [-0.15, -0.1) is 0 Å². The number of nitrogens with one attached hydrogen (secondary N) is 2. The molecular weight excluding hydrogens is 647 g/mol. The Labute approximate surface area is 276 Å². The molecule has 3 N–H and O–H groups in total. The van der Waals surface area contributed by atoms with E-state index in [0.717, 1.165) is 28.0 Å². The molecule has 242 valence electrons. The highest BCUT2D eigenvalue weighted by molar-refractivity contribution is 8.00. The number of aromatic hydroxyl groups is 1. The average molecular weight is 676 g/mol. The Morgan fingerprint density at radius 1 is 0.915 bits per heavy atom. The number of aromatic nitrogens is 1. The van der Waals surface area contributed by atoms with Crippen LogP contribution >= 0.6 is 23.1 Å². The minimum atomic E-state index is -0.839. The number of hydrogen-bond donors (Lipinski definition) is 3. The number of carbonyl (C=O) groups is 4. The molecule has 3 heterocycles. The summed E-state index contributed by atoms with van der Waals surface area (Å²) in [5.74, 6) is -2.61. The van der Waals surface area contributed by atoms with Gasteiger partial charge in [0.05, 0.1) is 35.4 Å². The van der Waals surface area contributed by atoms with Gasteiger partial charge in [0, 0.05) is 16.5 Å². The maximum atomic E-state index is 14.1. The molecule has 3 amide bonds. The predicted octanol–water partition coefficient (Wildman–Crippen LogP) is 4.53. The van der Waals surface area contributed by atoms with Crippen LogP contribution in [0.5, 0.6) is 17.2 Å². The van der Waals surface area contributed by atoms with Gasteiger partial charge >= 0.3 is 10.8 Å². The van der Waals surface area contributed by atoms with E-state index in [4.69, 9.17) is 14.2 Å².